The molecule has 0 fully saturated rings. The minimum atomic E-state index is -1.13. The first-order chi connectivity index (χ1) is 35.0. The van der Waals surface area contributed by atoms with Crippen LogP contribution in [0.25, 0.3) is 98.4 Å². The van der Waals surface area contributed by atoms with Gasteiger partial charge in [0, 0.05) is 10.8 Å². The van der Waals surface area contributed by atoms with E-state index in [0.717, 1.165) is 0 Å². The molecule has 0 aliphatic carbocycles. The molecule has 0 aliphatic rings. The molecule has 10 rings (SSSR count). The summed E-state index contributed by atoms with van der Waals surface area (Å²) in [5, 5.41) is -6.28. The smallest absolute Gasteiger partial charge is 0.136 e. The second-order valence-corrected chi connectivity index (χ2v) is 10.3. The van der Waals surface area contributed by atoms with E-state index in [2.05, 4.69) is 0 Å². The Balaban J connectivity index is 1.49. The van der Waals surface area contributed by atoms with Crippen molar-refractivity contribution >= 4 is 65.0 Å². The van der Waals surface area contributed by atoms with E-state index < -0.39 is 268 Å². The van der Waals surface area contributed by atoms with Gasteiger partial charge in [0.05, 0.1) is 38.4 Å². The SMILES string of the molecule is [2H]c1c([2H])c(-c2c([2H])c3c([2H])c([2H])c([2H])c([2H])c3c3c([2H])c([2H])c([2H])c([2H])c23)c([2H])c([2H])c1-c1c2c([2H])c([2H])c([2H])c([2H])c2c(-c2c([2H])c([2H])c([2H])c3oc4c([2H])c([2H])c([2H])c([2H])c4c23)c2c([2H])c([2H])c([2H])c([2H])c12. The molecular formula is C46H28O. The summed E-state index contributed by atoms with van der Waals surface area (Å²) in [6.45, 7) is 0. The van der Waals surface area contributed by atoms with Crippen LogP contribution in [0.1, 0.15) is 38.4 Å². The van der Waals surface area contributed by atoms with Crippen LogP contribution in [0, 0.1) is 0 Å². The van der Waals surface area contributed by atoms with Crippen molar-refractivity contribution < 1.29 is 42.8 Å². The zero-order valence-corrected chi connectivity index (χ0v) is 23.4. The van der Waals surface area contributed by atoms with Gasteiger partial charge in [-0.25, -0.2) is 0 Å². The van der Waals surface area contributed by atoms with Crippen molar-refractivity contribution in [3.8, 4) is 33.4 Å². The highest BCUT2D eigenvalue weighted by atomic mass is 16.3. The number of benzene rings is 9. The molecule has 1 heteroatoms. The molecule has 0 spiro atoms. The Hall–Kier alpha value is -6.18. The van der Waals surface area contributed by atoms with Gasteiger partial charge in [0.1, 0.15) is 11.2 Å². The van der Waals surface area contributed by atoms with Gasteiger partial charge >= 0.3 is 0 Å². The highest BCUT2D eigenvalue weighted by Gasteiger charge is 2.20. The number of rotatable bonds is 3. The first-order valence-corrected chi connectivity index (χ1v) is 13.9. The highest BCUT2D eigenvalue weighted by Crippen LogP contribution is 2.47. The fourth-order valence-electron chi connectivity index (χ4n) is 5.89. The minimum Gasteiger partial charge on any atom is -0.456 e. The molecule has 10 aromatic rings. The van der Waals surface area contributed by atoms with E-state index in [4.69, 9.17) is 29.1 Å². The van der Waals surface area contributed by atoms with Gasteiger partial charge in [-0.2, -0.15) is 0 Å². The van der Waals surface area contributed by atoms with Crippen molar-refractivity contribution in [2.45, 2.75) is 0 Å². The Morgan fingerprint density at radius 3 is 1.55 bits per heavy atom. The lowest BCUT2D eigenvalue weighted by atomic mass is 9.84. The summed E-state index contributed by atoms with van der Waals surface area (Å²) >= 11 is 0. The standard InChI is InChI=1S/C46H28O/c1-2-13-32-31(12-1)28-41(34-15-4-3-14-33(32)34)29-24-26-30(27-25-29)44-35-16-5-7-18-37(35)45(38-19-8-6-17-36(38)44)40-21-11-23-43-46(40)39-20-9-10-22-42(39)47-43/h1-28H/i1D,2D,3D,4D,5D,6D,7D,8D,9D,10D,11D,12D,13D,14D,15D,16D,17D,18D,19D,20D,21D,22D,23D,24D,25D,26D,27D,28D. The highest BCUT2D eigenvalue weighted by molar-refractivity contribution is 6.25. The largest absolute Gasteiger partial charge is 0.456 e. The van der Waals surface area contributed by atoms with Crippen LogP contribution in [0.5, 0.6) is 0 Å². The third-order valence-corrected chi connectivity index (χ3v) is 7.82. The van der Waals surface area contributed by atoms with Crippen molar-refractivity contribution in [2.75, 3.05) is 0 Å². The lowest BCUT2D eigenvalue weighted by Gasteiger charge is -2.18. The van der Waals surface area contributed by atoms with Gasteiger partial charge in [0.25, 0.3) is 0 Å². The second kappa shape index (κ2) is 10.2. The van der Waals surface area contributed by atoms with Crippen molar-refractivity contribution in [3.05, 3.63) is 169 Å². The maximum absolute atomic E-state index is 9.70. The summed E-state index contributed by atoms with van der Waals surface area (Å²) in [4.78, 5) is 0. The number of furan rings is 1. The number of hydrogen-bond donors (Lipinski definition) is 0. The van der Waals surface area contributed by atoms with Crippen LogP contribution in [0.4, 0.5) is 0 Å². The van der Waals surface area contributed by atoms with Crippen molar-refractivity contribution in [1.29, 1.82) is 0 Å². The summed E-state index contributed by atoms with van der Waals surface area (Å²) in [5.74, 6) is 0. The summed E-state index contributed by atoms with van der Waals surface area (Å²) < 4.78 is 258. The van der Waals surface area contributed by atoms with Crippen LogP contribution in [0.15, 0.2) is 174 Å². The summed E-state index contributed by atoms with van der Waals surface area (Å²) in [6.07, 6.45) is 0. The molecule has 1 heterocycles. The van der Waals surface area contributed by atoms with E-state index in [1.165, 1.54) is 0 Å². The van der Waals surface area contributed by atoms with Crippen LogP contribution in [-0.4, -0.2) is 0 Å². The van der Waals surface area contributed by atoms with E-state index in [9.17, 15) is 13.7 Å². The summed E-state index contributed by atoms with van der Waals surface area (Å²) in [6, 6.07) is -26.1. The van der Waals surface area contributed by atoms with E-state index in [1.807, 2.05) is 0 Å². The van der Waals surface area contributed by atoms with Gasteiger partial charge in [-0.15, -0.1) is 0 Å². The van der Waals surface area contributed by atoms with Gasteiger partial charge < -0.3 is 4.42 Å². The molecule has 0 bridgehead atoms. The van der Waals surface area contributed by atoms with Gasteiger partial charge in [-0.05, 0) is 94.6 Å². The van der Waals surface area contributed by atoms with Crippen LogP contribution in [0.2, 0.25) is 0 Å². The molecule has 218 valence electrons. The topological polar surface area (TPSA) is 13.1 Å². The third-order valence-electron chi connectivity index (χ3n) is 7.82. The number of para-hydroxylation sites is 1. The van der Waals surface area contributed by atoms with Gasteiger partial charge in [0.15, 0.2) is 0 Å². The molecule has 0 amide bonds. The molecule has 0 saturated heterocycles. The van der Waals surface area contributed by atoms with E-state index in [1.54, 1.807) is 0 Å². The Labute approximate surface area is 311 Å². The maximum atomic E-state index is 9.70. The van der Waals surface area contributed by atoms with E-state index >= 15 is 0 Å². The molecule has 1 nitrogen and oxygen atoms in total. The monoisotopic (exact) mass is 624 g/mol. The van der Waals surface area contributed by atoms with Gasteiger partial charge in [-0.3, -0.25) is 0 Å². The third kappa shape index (κ3) is 3.90. The predicted octanol–water partition coefficient (Wildman–Crippen LogP) is 13.2. The average molecular weight is 625 g/mol. The zero-order valence-electron chi connectivity index (χ0n) is 51.4. The van der Waals surface area contributed by atoms with Crippen LogP contribution < -0.4 is 0 Å². The number of fused-ring (bicyclic) bond motifs is 8. The zero-order chi connectivity index (χ0) is 55.3. The first-order valence-electron chi connectivity index (χ1n) is 27.9. The van der Waals surface area contributed by atoms with E-state index in [0.29, 0.717) is 0 Å². The normalized spacial score (nSPS) is 20.2. The second-order valence-electron chi connectivity index (χ2n) is 10.3. The predicted molar refractivity (Wildman–Crippen MR) is 200 cm³/mol. The average Bonchev–Trinajstić information content (AvgIpc) is 3.84. The van der Waals surface area contributed by atoms with Gasteiger partial charge in [-0.1, -0.05) is 151 Å². The molecule has 0 radical (unpaired) electrons. The first kappa shape index (κ1) is 10.7. The van der Waals surface area contributed by atoms with E-state index in [-0.39, 0.29) is 0 Å². The Morgan fingerprint density at radius 1 is 0.340 bits per heavy atom. The Kier molecular flexibility index (Phi) is 2.31. The van der Waals surface area contributed by atoms with Gasteiger partial charge in [0.2, 0.25) is 0 Å². The lowest BCUT2D eigenvalue weighted by Crippen LogP contribution is -1.91. The fourth-order valence-corrected chi connectivity index (χ4v) is 5.89. The number of hydrogen-bond acceptors (Lipinski definition) is 1. The molecular weight excluding hydrogens is 569 g/mol. The molecule has 0 atom stereocenters. The fraction of sp³-hybridized carbons (Fsp3) is 0. The maximum Gasteiger partial charge on any atom is 0.136 e. The Bertz CT molecular complexity index is 4330. The lowest BCUT2D eigenvalue weighted by molar-refractivity contribution is 0.669. The molecule has 0 aliphatic heterocycles. The molecule has 9 aromatic carbocycles. The molecule has 0 N–H and O–H groups in total. The van der Waals surface area contributed by atoms with Crippen LogP contribution >= 0.6 is 0 Å². The Morgan fingerprint density at radius 2 is 0.851 bits per heavy atom. The molecule has 1 aromatic heterocycles. The molecule has 0 saturated carbocycles. The summed E-state index contributed by atoms with van der Waals surface area (Å²) in [5.41, 5.74) is -5.79. The van der Waals surface area contributed by atoms with Crippen molar-refractivity contribution in [1.82, 2.24) is 0 Å². The van der Waals surface area contributed by atoms with Crippen molar-refractivity contribution in [3.63, 3.8) is 0 Å². The van der Waals surface area contributed by atoms with Crippen LogP contribution in [0.3, 0.4) is 0 Å². The minimum absolute atomic E-state index is 0.481. The quantitative estimate of drug-likeness (QED) is 0.141. The van der Waals surface area contributed by atoms with Crippen LogP contribution in [-0.2, 0) is 0 Å². The molecule has 47 heavy (non-hydrogen) atoms. The van der Waals surface area contributed by atoms with Crippen molar-refractivity contribution in [2.24, 2.45) is 0 Å². The summed E-state index contributed by atoms with van der Waals surface area (Å²) in [7, 11) is 0. The molecule has 0 unspecified atom stereocenters.